The molecule has 0 radical (unpaired) electrons. The molecule has 3 nitrogen and oxygen atoms in total. The third-order valence-electron chi connectivity index (χ3n) is 2.68. The molecule has 0 saturated heterocycles. The minimum absolute atomic E-state index is 0.0274. The van der Waals surface area contributed by atoms with Gasteiger partial charge in [0.15, 0.2) is 0 Å². The molecule has 0 spiro atoms. The average Bonchev–Trinajstić information content (AvgIpc) is 2.30. The summed E-state index contributed by atoms with van der Waals surface area (Å²) in [4.78, 5) is 13.8. The van der Waals surface area contributed by atoms with Crippen LogP contribution in [0.3, 0.4) is 0 Å². The van der Waals surface area contributed by atoms with Gasteiger partial charge in [-0.05, 0) is 36.4 Å². The molecule has 3 heteroatoms. The summed E-state index contributed by atoms with van der Waals surface area (Å²) in [6.07, 6.45) is 7.74. The Labute approximate surface area is 93.2 Å². The molecule has 1 aromatic carbocycles. The van der Waals surface area contributed by atoms with E-state index in [4.69, 9.17) is 5.73 Å². The van der Waals surface area contributed by atoms with Gasteiger partial charge in [0, 0.05) is 11.3 Å². The molecule has 0 atom stereocenters. The van der Waals surface area contributed by atoms with E-state index in [1.165, 1.54) is 0 Å². The van der Waals surface area contributed by atoms with E-state index in [0.29, 0.717) is 11.3 Å². The van der Waals surface area contributed by atoms with Crippen LogP contribution >= 0.6 is 0 Å². The highest BCUT2D eigenvalue weighted by molar-refractivity contribution is 5.99. The lowest BCUT2D eigenvalue weighted by Crippen LogP contribution is -2.35. The summed E-state index contributed by atoms with van der Waals surface area (Å²) in [5.74, 6) is -0.0274. The third kappa shape index (κ3) is 1.18. The van der Waals surface area contributed by atoms with Crippen molar-refractivity contribution in [1.82, 2.24) is 4.90 Å². The number of carbonyl (C=O) groups is 1. The van der Waals surface area contributed by atoms with E-state index in [2.05, 4.69) is 0 Å². The first-order valence-electron chi connectivity index (χ1n) is 5.06. The summed E-state index contributed by atoms with van der Waals surface area (Å²) >= 11 is 0. The molecule has 0 saturated carbocycles. The monoisotopic (exact) mass is 210 g/mol. The van der Waals surface area contributed by atoms with Crippen LogP contribution in [0, 0.1) is 0 Å². The number of fused-ring (bicyclic) bond motifs is 2. The molecular weight excluding hydrogens is 200 g/mol. The van der Waals surface area contributed by atoms with Crippen LogP contribution in [-0.4, -0.2) is 10.8 Å². The number of hydrogen-bond acceptors (Lipinski definition) is 2. The number of nitrogens with two attached hydrogens (primary N) is 1. The van der Waals surface area contributed by atoms with Gasteiger partial charge in [0.1, 0.15) is 0 Å². The fraction of sp³-hybridized carbons (Fsp3) is 0. The lowest BCUT2D eigenvalue weighted by atomic mass is 10.0. The lowest BCUT2D eigenvalue weighted by Gasteiger charge is -2.34. The van der Waals surface area contributed by atoms with Crippen molar-refractivity contribution >= 4 is 11.6 Å². The fourth-order valence-electron chi connectivity index (χ4n) is 1.89. The molecule has 78 valence electrons. The van der Waals surface area contributed by atoms with Gasteiger partial charge in [-0.1, -0.05) is 12.1 Å². The van der Waals surface area contributed by atoms with E-state index in [1.807, 2.05) is 24.3 Å². The number of allylic oxidation sites excluding steroid dienone is 4. The topological polar surface area (TPSA) is 46.3 Å². The van der Waals surface area contributed by atoms with Crippen molar-refractivity contribution < 1.29 is 4.79 Å². The van der Waals surface area contributed by atoms with Gasteiger partial charge < -0.3 is 5.73 Å². The normalized spacial score (nSPS) is 16.4. The number of carbonyl (C=O) groups excluding carboxylic acids is 1. The van der Waals surface area contributed by atoms with E-state index in [9.17, 15) is 4.79 Å². The number of nitrogen functional groups attached to an aromatic ring is 1. The van der Waals surface area contributed by atoms with Gasteiger partial charge in [0.05, 0.1) is 11.4 Å². The molecule has 0 fully saturated rings. The first-order chi connectivity index (χ1) is 7.75. The Kier molecular flexibility index (Phi) is 1.74. The van der Waals surface area contributed by atoms with E-state index in [0.717, 1.165) is 11.4 Å². The van der Waals surface area contributed by atoms with Gasteiger partial charge in [-0.3, -0.25) is 9.69 Å². The van der Waals surface area contributed by atoms with Crippen LogP contribution in [0.2, 0.25) is 0 Å². The second kappa shape index (κ2) is 3.10. The molecule has 0 aliphatic carbocycles. The van der Waals surface area contributed by atoms with Gasteiger partial charge in [-0.2, -0.15) is 0 Å². The maximum Gasteiger partial charge on any atom is 0.262 e. The number of benzene rings is 1. The largest absolute Gasteiger partial charge is 0.399 e. The molecule has 3 rings (SSSR count). The van der Waals surface area contributed by atoms with Crippen LogP contribution in [0.4, 0.5) is 5.69 Å². The van der Waals surface area contributed by atoms with E-state index < -0.39 is 0 Å². The Morgan fingerprint density at radius 1 is 1.25 bits per heavy atom. The zero-order chi connectivity index (χ0) is 11.1. The van der Waals surface area contributed by atoms with Crippen molar-refractivity contribution in [2.24, 2.45) is 0 Å². The predicted molar refractivity (Wildman–Crippen MR) is 62.3 cm³/mol. The Morgan fingerprint density at radius 3 is 2.75 bits per heavy atom. The number of hydrogen-bond donors (Lipinski definition) is 1. The maximum absolute atomic E-state index is 12.1. The van der Waals surface area contributed by atoms with Crippen molar-refractivity contribution in [1.29, 1.82) is 0 Å². The van der Waals surface area contributed by atoms with Crippen LogP contribution in [0.15, 0.2) is 60.0 Å². The van der Waals surface area contributed by atoms with Crippen molar-refractivity contribution in [3.05, 3.63) is 65.5 Å². The molecule has 1 amide bonds. The second-order valence-corrected chi connectivity index (χ2v) is 3.79. The first kappa shape index (κ1) is 8.97. The highest BCUT2D eigenvalue weighted by Crippen LogP contribution is 2.32. The van der Waals surface area contributed by atoms with Crippen molar-refractivity contribution in [3.63, 3.8) is 0 Å². The average molecular weight is 210 g/mol. The first-order valence-corrected chi connectivity index (χ1v) is 5.06. The van der Waals surface area contributed by atoms with Crippen LogP contribution in [0.25, 0.3) is 0 Å². The minimum atomic E-state index is -0.0274. The molecule has 2 heterocycles. The molecule has 16 heavy (non-hydrogen) atoms. The van der Waals surface area contributed by atoms with Gasteiger partial charge in [-0.15, -0.1) is 0 Å². The SMILES string of the molecule is Nc1cccc(C(=O)N2c3cccc2c3)c1. The van der Waals surface area contributed by atoms with Crippen molar-refractivity contribution in [3.8, 4) is 0 Å². The standard InChI is InChI=1S/C13H10N2O/c14-10-4-1-3-9(7-10)13(16)15-11-5-2-6-12(15)8-11/h1-8H,14H2. The smallest absolute Gasteiger partial charge is 0.262 e. The van der Waals surface area contributed by atoms with Crippen LogP contribution < -0.4 is 5.73 Å². The summed E-state index contributed by atoms with van der Waals surface area (Å²) in [6, 6.07) is 7.03. The van der Waals surface area contributed by atoms with Gasteiger partial charge in [0.25, 0.3) is 5.91 Å². The molecular formula is C13H10N2O. The van der Waals surface area contributed by atoms with Crippen molar-refractivity contribution in [2.75, 3.05) is 5.73 Å². The summed E-state index contributed by atoms with van der Waals surface area (Å²) in [7, 11) is 0. The minimum Gasteiger partial charge on any atom is -0.399 e. The van der Waals surface area contributed by atoms with E-state index >= 15 is 0 Å². The maximum atomic E-state index is 12.1. The number of amides is 1. The zero-order valence-corrected chi connectivity index (χ0v) is 8.55. The van der Waals surface area contributed by atoms with Crippen LogP contribution in [0.5, 0.6) is 0 Å². The summed E-state index contributed by atoms with van der Waals surface area (Å²) in [5.41, 5.74) is 8.75. The Morgan fingerprint density at radius 2 is 2.12 bits per heavy atom. The zero-order valence-electron chi connectivity index (χ0n) is 8.55. The molecule has 0 unspecified atom stereocenters. The Hall–Kier alpha value is -2.29. The molecule has 1 aromatic rings. The van der Waals surface area contributed by atoms with E-state index in [-0.39, 0.29) is 5.91 Å². The van der Waals surface area contributed by atoms with Gasteiger partial charge in [0.2, 0.25) is 0 Å². The number of rotatable bonds is 1. The molecule has 2 N–H and O–H groups in total. The molecule has 0 aromatic heterocycles. The highest BCUT2D eigenvalue weighted by Gasteiger charge is 2.29. The third-order valence-corrected chi connectivity index (χ3v) is 2.68. The highest BCUT2D eigenvalue weighted by atomic mass is 16.2. The van der Waals surface area contributed by atoms with Gasteiger partial charge >= 0.3 is 0 Å². The van der Waals surface area contributed by atoms with Crippen LogP contribution in [0.1, 0.15) is 10.4 Å². The summed E-state index contributed by atoms with van der Waals surface area (Å²) in [6.45, 7) is 0. The molecule has 2 aliphatic rings. The van der Waals surface area contributed by atoms with Crippen molar-refractivity contribution in [2.45, 2.75) is 0 Å². The predicted octanol–water partition coefficient (Wildman–Crippen LogP) is 2.06. The van der Waals surface area contributed by atoms with E-state index in [1.54, 1.807) is 29.2 Å². The Bertz CT molecular complexity index is 555. The summed E-state index contributed by atoms with van der Waals surface area (Å²) in [5, 5.41) is 0. The van der Waals surface area contributed by atoms with Crippen LogP contribution in [-0.2, 0) is 0 Å². The second-order valence-electron chi connectivity index (χ2n) is 3.79. The Balaban J connectivity index is 1.94. The fourth-order valence-corrected chi connectivity index (χ4v) is 1.89. The quantitative estimate of drug-likeness (QED) is 0.721. The number of nitrogens with zero attached hydrogens (tertiary/aromatic N) is 1. The summed E-state index contributed by atoms with van der Waals surface area (Å²) < 4.78 is 0. The van der Waals surface area contributed by atoms with Gasteiger partial charge in [-0.25, -0.2) is 0 Å². The molecule has 2 bridgehead atoms. The number of anilines is 1. The molecule has 2 aliphatic heterocycles. The lowest BCUT2D eigenvalue weighted by molar-refractivity contribution is 0.0837.